The monoisotopic (exact) mass is 507 g/mol. The third-order valence-corrected chi connectivity index (χ3v) is 9.37. The van der Waals surface area contributed by atoms with Crippen molar-refractivity contribution in [2.24, 2.45) is 0 Å². The van der Waals surface area contributed by atoms with Gasteiger partial charge in [0.05, 0.1) is 24.6 Å². The molecule has 0 amide bonds. The Morgan fingerprint density at radius 3 is 2.86 bits per heavy atom. The van der Waals surface area contributed by atoms with E-state index < -0.39 is 8.07 Å². The van der Waals surface area contributed by atoms with Crippen molar-refractivity contribution in [1.29, 1.82) is 0 Å². The SMILES string of the molecule is C[Si](C)(C)CCOCn1cc(-c2cc3c4c([nH]c(=O)c3s2)C(OCc2ccccc2)CCC4)cn1. The van der Waals surface area contributed by atoms with Gasteiger partial charge in [0.2, 0.25) is 0 Å². The molecule has 1 unspecified atom stereocenters. The van der Waals surface area contributed by atoms with Gasteiger partial charge in [0.15, 0.2) is 0 Å². The molecule has 0 saturated carbocycles. The number of nitrogens with one attached hydrogen (secondary N) is 1. The van der Waals surface area contributed by atoms with Crippen LogP contribution in [0.25, 0.3) is 20.5 Å². The average molecular weight is 508 g/mol. The number of pyridine rings is 1. The summed E-state index contributed by atoms with van der Waals surface area (Å²) in [7, 11) is -1.10. The van der Waals surface area contributed by atoms with Crippen LogP contribution in [-0.4, -0.2) is 29.4 Å². The molecule has 6 nitrogen and oxygen atoms in total. The fourth-order valence-corrected chi connectivity index (χ4v) is 6.33. The van der Waals surface area contributed by atoms with Gasteiger partial charge < -0.3 is 14.5 Å². The zero-order valence-corrected chi connectivity index (χ0v) is 22.5. The van der Waals surface area contributed by atoms with Gasteiger partial charge in [0, 0.05) is 36.7 Å². The predicted octanol–water partition coefficient (Wildman–Crippen LogP) is 6.36. The highest BCUT2D eigenvalue weighted by molar-refractivity contribution is 7.22. The number of aromatic nitrogens is 3. The number of hydrogen-bond acceptors (Lipinski definition) is 5. The fourth-order valence-electron chi connectivity index (χ4n) is 4.51. The first-order chi connectivity index (χ1) is 16.9. The van der Waals surface area contributed by atoms with Crippen LogP contribution < -0.4 is 5.56 Å². The Balaban J connectivity index is 1.35. The minimum atomic E-state index is -1.10. The van der Waals surface area contributed by atoms with E-state index in [1.807, 2.05) is 35.3 Å². The molecule has 1 N–H and O–H groups in total. The number of ether oxygens (including phenoxy) is 2. The van der Waals surface area contributed by atoms with E-state index in [1.165, 1.54) is 16.9 Å². The van der Waals surface area contributed by atoms with Crippen molar-refractivity contribution in [3.63, 3.8) is 0 Å². The lowest BCUT2D eigenvalue weighted by Crippen LogP contribution is -2.22. The van der Waals surface area contributed by atoms with Crippen molar-refractivity contribution in [1.82, 2.24) is 14.8 Å². The molecule has 0 spiro atoms. The summed E-state index contributed by atoms with van der Waals surface area (Å²) in [5.74, 6) is 0. The van der Waals surface area contributed by atoms with Crippen LogP contribution in [0.15, 0.2) is 53.6 Å². The Morgan fingerprint density at radius 2 is 2.06 bits per heavy atom. The third-order valence-electron chi connectivity index (χ3n) is 6.48. The van der Waals surface area contributed by atoms with Gasteiger partial charge in [-0.05, 0) is 42.5 Å². The van der Waals surface area contributed by atoms with Crippen LogP contribution in [0.1, 0.15) is 35.8 Å². The average Bonchev–Trinajstić information content (AvgIpc) is 3.49. The lowest BCUT2D eigenvalue weighted by molar-refractivity contribution is 0.0253. The molecule has 0 fully saturated rings. The molecule has 35 heavy (non-hydrogen) atoms. The van der Waals surface area contributed by atoms with E-state index in [1.54, 1.807) is 0 Å². The number of aromatic amines is 1. The number of rotatable bonds is 9. The maximum atomic E-state index is 13.0. The summed E-state index contributed by atoms with van der Waals surface area (Å²) < 4.78 is 14.7. The molecule has 184 valence electrons. The highest BCUT2D eigenvalue weighted by atomic mass is 32.1. The summed E-state index contributed by atoms with van der Waals surface area (Å²) in [5.41, 5.74) is 4.28. The number of benzene rings is 1. The van der Waals surface area contributed by atoms with Gasteiger partial charge in [-0.15, -0.1) is 11.3 Å². The van der Waals surface area contributed by atoms with Gasteiger partial charge in [0.1, 0.15) is 11.4 Å². The number of H-pyrrole nitrogens is 1. The Bertz CT molecular complexity index is 1350. The highest BCUT2D eigenvalue weighted by Crippen LogP contribution is 2.39. The molecule has 1 aliphatic carbocycles. The molecular formula is C27H33N3O3SSi. The van der Waals surface area contributed by atoms with E-state index in [2.05, 4.69) is 47.9 Å². The van der Waals surface area contributed by atoms with Crippen LogP contribution in [0, 0.1) is 0 Å². The summed E-state index contributed by atoms with van der Waals surface area (Å²) in [6.07, 6.45) is 6.70. The maximum Gasteiger partial charge on any atom is 0.266 e. The summed E-state index contributed by atoms with van der Waals surface area (Å²) in [4.78, 5) is 17.3. The second-order valence-corrected chi connectivity index (χ2v) is 17.2. The first-order valence-electron chi connectivity index (χ1n) is 12.3. The molecule has 4 aromatic rings. The molecular weight excluding hydrogens is 474 g/mol. The Labute approximate surface area is 210 Å². The smallest absolute Gasteiger partial charge is 0.266 e. The third kappa shape index (κ3) is 5.67. The molecule has 8 heteroatoms. The first-order valence-corrected chi connectivity index (χ1v) is 16.8. The van der Waals surface area contributed by atoms with Gasteiger partial charge in [-0.25, -0.2) is 4.68 Å². The summed E-state index contributed by atoms with van der Waals surface area (Å²) in [6, 6.07) is 13.5. The van der Waals surface area contributed by atoms with Gasteiger partial charge in [-0.3, -0.25) is 4.79 Å². The fraction of sp³-hybridized carbons (Fsp3) is 0.407. The highest BCUT2D eigenvalue weighted by Gasteiger charge is 2.26. The summed E-state index contributed by atoms with van der Waals surface area (Å²) >= 11 is 1.53. The van der Waals surface area contributed by atoms with Gasteiger partial charge in [0.25, 0.3) is 5.56 Å². The zero-order valence-electron chi connectivity index (χ0n) is 20.7. The van der Waals surface area contributed by atoms with Crippen LogP contribution in [0.2, 0.25) is 25.7 Å². The van der Waals surface area contributed by atoms with Crippen molar-refractivity contribution >= 4 is 29.5 Å². The minimum absolute atomic E-state index is 0.0349. The number of nitrogens with zero attached hydrogens (tertiary/aromatic N) is 2. The molecule has 3 heterocycles. The van der Waals surface area contributed by atoms with Crippen LogP contribution in [0.5, 0.6) is 0 Å². The Hall–Kier alpha value is -2.52. The van der Waals surface area contributed by atoms with E-state index >= 15 is 0 Å². The Kier molecular flexibility index (Phi) is 7.06. The quantitative estimate of drug-likeness (QED) is 0.211. The van der Waals surface area contributed by atoms with Crippen molar-refractivity contribution in [3.8, 4) is 10.4 Å². The van der Waals surface area contributed by atoms with Crippen molar-refractivity contribution in [2.45, 2.75) is 64.4 Å². The van der Waals surface area contributed by atoms with Crippen LogP contribution in [-0.2, 0) is 29.2 Å². The van der Waals surface area contributed by atoms with Gasteiger partial charge >= 0.3 is 0 Å². The van der Waals surface area contributed by atoms with Crippen molar-refractivity contribution in [3.05, 3.63) is 76.0 Å². The molecule has 1 aromatic carbocycles. The lowest BCUT2D eigenvalue weighted by Gasteiger charge is -2.25. The number of fused-ring (bicyclic) bond motifs is 3. The van der Waals surface area contributed by atoms with E-state index in [0.717, 1.165) is 63.7 Å². The molecule has 0 saturated heterocycles. The van der Waals surface area contributed by atoms with Crippen LogP contribution in [0.4, 0.5) is 0 Å². The van der Waals surface area contributed by atoms with Crippen molar-refractivity contribution in [2.75, 3.05) is 6.61 Å². The topological polar surface area (TPSA) is 69.1 Å². The molecule has 1 aliphatic rings. The van der Waals surface area contributed by atoms with Gasteiger partial charge in [-0.1, -0.05) is 50.0 Å². The number of hydrogen-bond donors (Lipinski definition) is 1. The second-order valence-electron chi connectivity index (χ2n) is 10.5. The van der Waals surface area contributed by atoms with Crippen LogP contribution in [0.3, 0.4) is 0 Å². The molecule has 0 radical (unpaired) electrons. The molecule has 1 atom stereocenters. The van der Waals surface area contributed by atoms with Crippen molar-refractivity contribution < 1.29 is 9.47 Å². The Morgan fingerprint density at radius 1 is 1.23 bits per heavy atom. The van der Waals surface area contributed by atoms with E-state index in [4.69, 9.17) is 9.47 Å². The minimum Gasteiger partial charge on any atom is -0.367 e. The number of aryl methyl sites for hydroxylation is 1. The number of thiophene rings is 1. The van der Waals surface area contributed by atoms with E-state index in [-0.39, 0.29) is 11.7 Å². The molecule has 3 aromatic heterocycles. The standard InChI is InChI=1S/C27H33N3O3SSi/c1-35(2,3)13-12-32-18-30-16-20(15-28-30)24-14-22-21-10-7-11-23(25(21)29-27(31)26(22)34-24)33-17-19-8-5-4-6-9-19/h4-6,8-9,14-16,23H,7,10-13,17-18H2,1-3H3,(H,29,31). The molecule has 5 rings (SSSR count). The van der Waals surface area contributed by atoms with Crippen LogP contribution >= 0.6 is 11.3 Å². The summed E-state index contributed by atoms with van der Waals surface area (Å²) in [6.45, 7) is 8.80. The first kappa shape index (κ1) is 24.2. The molecule has 0 bridgehead atoms. The maximum absolute atomic E-state index is 13.0. The summed E-state index contributed by atoms with van der Waals surface area (Å²) in [5, 5.41) is 5.53. The van der Waals surface area contributed by atoms with E-state index in [0.29, 0.717) is 13.3 Å². The zero-order chi connectivity index (χ0) is 24.4. The normalized spacial score (nSPS) is 16.0. The predicted molar refractivity (Wildman–Crippen MR) is 145 cm³/mol. The largest absolute Gasteiger partial charge is 0.367 e. The lowest BCUT2D eigenvalue weighted by atomic mass is 9.91. The second kappa shape index (κ2) is 10.2. The van der Waals surface area contributed by atoms with E-state index in [9.17, 15) is 4.79 Å². The van der Waals surface area contributed by atoms with Gasteiger partial charge in [-0.2, -0.15) is 5.10 Å². The molecule has 0 aliphatic heterocycles.